The van der Waals surface area contributed by atoms with Crippen molar-refractivity contribution in [2.75, 3.05) is 0 Å². The van der Waals surface area contributed by atoms with Gasteiger partial charge in [-0.05, 0) is 25.7 Å². The van der Waals surface area contributed by atoms with Crippen molar-refractivity contribution < 1.29 is 13.5 Å². The maximum Gasteiger partial charge on any atom is 0.210 e. The van der Waals surface area contributed by atoms with Crippen molar-refractivity contribution in [3.63, 3.8) is 0 Å². The summed E-state index contributed by atoms with van der Waals surface area (Å²) in [5, 5.41) is 11.2. The molecule has 0 aromatic carbocycles. The van der Waals surface area contributed by atoms with Gasteiger partial charge in [0, 0.05) is 11.8 Å². The predicted molar refractivity (Wildman–Crippen MR) is 56.8 cm³/mol. The van der Waals surface area contributed by atoms with Crippen molar-refractivity contribution in [3.8, 4) is 0 Å². The van der Waals surface area contributed by atoms with E-state index in [1.807, 2.05) is 0 Å². The minimum absolute atomic E-state index is 0.244. The molecule has 3 nitrogen and oxygen atoms in total. The highest BCUT2D eigenvalue weighted by Crippen LogP contribution is 2.33. The van der Waals surface area contributed by atoms with E-state index in [1.54, 1.807) is 6.92 Å². The summed E-state index contributed by atoms with van der Waals surface area (Å²) in [4.78, 5) is 0. The summed E-state index contributed by atoms with van der Waals surface area (Å²) in [5.41, 5.74) is -0.847. The largest absolute Gasteiger partial charge is 0.390 e. The highest BCUT2D eigenvalue weighted by molar-refractivity contribution is 7.71. The molecule has 1 saturated carbocycles. The van der Waals surface area contributed by atoms with E-state index in [2.05, 4.69) is 0 Å². The summed E-state index contributed by atoms with van der Waals surface area (Å²) in [7, 11) is -2.15. The van der Waals surface area contributed by atoms with Gasteiger partial charge < -0.3 is 5.11 Å². The summed E-state index contributed by atoms with van der Waals surface area (Å²) in [6, 6.07) is 0. The van der Waals surface area contributed by atoms with Gasteiger partial charge in [-0.3, -0.25) is 0 Å². The standard InChI is InChI=1S/C10H18O3S/c1-10(11,7-8-14(12)13)9-5-3-2-4-6-9/h8-9,11H,2-7H2,1H3. The molecular formula is C10H18O3S. The van der Waals surface area contributed by atoms with E-state index in [9.17, 15) is 13.5 Å². The van der Waals surface area contributed by atoms with Crippen molar-refractivity contribution in [1.29, 1.82) is 0 Å². The van der Waals surface area contributed by atoms with Gasteiger partial charge in [0.1, 0.15) is 0 Å². The van der Waals surface area contributed by atoms with Crippen molar-refractivity contribution in [2.45, 2.75) is 51.0 Å². The first-order valence-corrected chi connectivity index (χ1v) is 6.30. The van der Waals surface area contributed by atoms with E-state index in [-0.39, 0.29) is 12.3 Å². The van der Waals surface area contributed by atoms with Crippen LogP contribution in [0.2, 0.25) is 0 Å². The first kappa shape index (κ1) is 11.7. The van der Waals surface area contributed by atoms with Crippen molar-refractivity contribution >= 4 is 15.7 Å². The van der Waals surface area contributed by atoms with Crippen molar-refractivity contribution in [2.24, 2.45) is 5.92 Å². The highest BCUT2D eigenvalue weighted by atomic mass is 32.2. The van der Waals surface area contributed by atoms with Crippen LogP contribution in [0.5, 0.6) is 0 Å². The third kappa shape index (κ3) is 3.42. The molecule has 1 aliphatic rings. The van der Waals surface area contributed by atoms with E-state index in [0.717, 1.165) is 31.1 Å². The lowest BCUT2D eigenvalue weighted by molar-refractivity contribution is -0.00866. The van der Waals surface area contributed by atoms with Gasteiger partial charge >= 0.3 is 0 Å². The van der Waals surface area contributed by atoms with Crippen LogP contribution < -0.4 is 0 Å². The molecule has 1 rings (SSSR count). The maximum atomic E-state index is 10.4. The van der Waals surface area contributed by atoms with Crippen molar-refractivity contribution in [1.82, 2.24) is 0 Å². The fraction of sp³-hybridized carbons (Fsp3) is 0.900. The Labute approximate surface area is 86.7 Å². The molecule has 1 N–H and O–H groups in total. The Morgan fingerprint density at radius 1 is 1.36 bits per heavy atom. The molecule has 0 aromatic rings. The normalized spacial score (nSPS) is 22.7. The highest BCUT2D eigenvalue weighted by Gasteiger charge is 2.31. The zero-order valence-electron chi connectivity index (χ0n) is 8.57. The van der Waals surface area contributed by atoms with Gasteiger partial charge in [-0.15, -0.1) is 0 Å². The van der Waals surface area contributed by atoms with Gasteiger partial charge in [0.15, 0.2) is 0 Å². The van der Waals surface area contributed by atoms with E-state index in [0.29, 0.717) is 0 Å². The van der Waals surface area contributed by atoms with Crippen LogP contribution in [0, 0.1) is 5.92 Å². The first-order valence-electron chi connectivity index (χ1n) is 5.16. The zero-order valence-corrected chi connectivity index (χ0v) is 9.39. The molecule has 0 aromatic heterocycles. The molecule has 0 radical (unpaired) electrons. The van der Waals surface area contributed by atoms with Crippen molar-refractivity contribution in [3.05, 3.63) is 0 Å². The van der Waals surface area contributed by atoms with Crippen LogP contribution in [-0.4, -0.2) is 24.5 Å². The number of hydrogen-bond donors (Lipinski definition) is 1. The lowest BCUT2D eigenvalue weighted by atomic mass is 9.77. The second kappa shape index (κ2) is 4.94. The predicted octanol–water partition coefficient (Wildman–Crippen LogP) is 1.39. The Hall–Kier alpha value is -0.350. The zero-order chi connectivity index (χ0) is 10.6. The van der Waals surface area contributed by atoms with E-state index >= 15 is 0 Å². The van der Waals surface area contributed by atoms with Crippen LogP contribution in [0.15, 0.2) is 0 Å². The van der Waals surface area contributed by atoms with Crippen LogP contribution in [0.25, 0.3) is 0 Å². The van der Waals surface area contributed by atoms with Crippen LogP contribution in [0.3, 0.4) is 0 Å². The minimum atomic E-state index is -2.15. The molecular weight excluding hydrogens is 200 g/mol. The Bertz CT molecular complexity index is 289. The minimum Gasteiger partial charge on any atom is -0.390 e. The maximum absolute atomic E-state index is 10.4. The van der Waals surface area contributed by atoms with Gasteiger partial charge in [0.25, 0.3) is 0 Å². The van der Waals surface area contributed by atoms with Gasteiger partial charge in [0.05, 0.1) is 5.60 Å². The second-order valence-corrected chi connectivity index (χ2v) is 5.18. The van der Waals surface area contributed by atoms with E-state index < -0.39 is 15.9 Å². The molecule has 1 fully saturated rings. The molecule has 0 saturated heterocycles. The quantitative estimate of drug-likeness (QED) is 0.728. The second-order valence-electron chi connectivity index (χ2n) is 4.32. The molecule has 0 aliphatic heterocycles. The lowest BCUT2D eigenvalue weighted by Gasteiger charge is -2.34. The smallest absolute Gasteiger partial charge is 0.210 e. The summed E-state index contributed by atoms with van der Waals surface area (Å²) < 4.78 is 20.7. The van der Waals surface area contributed by atoms with E-state index in [4.69, 9.17) is 0 Å². The van der Waals surface area contributed by atoms with Crippen LogP contribution in [-0.2, 0) is 10.3 Å². The number of rotatable bonds is 3. The molecule has 82 valence electrons. The third-order valence-electron chi connectivity index (χ3n) is 3.12. The fourth-order valence-corrected chi connectivity index (χ4v) is 2.60. The average Bonchev–Trinajstić information content (AvgIpc) is 2.16. The first-order chi connectivity index (χ1) is 6.52. The lowest BCUT2D eigenvalue weighted by Crippen LogP contribution is -2.36. The Balaban J connectivity index is 2.58. The van der Waals surface area contributed by atoms with Gasteiger partial charge in [-0.25, -0.2) is 0 Å². The molecule has 0 bridgehead atoms. The summed E-state index contributed by atoms with van der Waals surface area (Å²) >= 11 is 0. The number of hydrogen-bond acceptors (Lipinski definition) is 3. The Morgan fingerprint density at radius 2 is 1.93 bits per heavy atom. The van der Waals surface area contributed by atoms with Crippen LogP contribution >= 0.6 is 0 Å². The molecule has 1 aliphatic carbocycles. The molecule has 0 heterocycles. The topological polar surface area (TPSA) is 54.4 Å². The summed E-state index contributed by atoms with van der Waals surface area (Å²) in [5.74, 6) is 0.260. The average molecular weight is 218 g/mol. The Morgan fingerprint density at radius 3 is 2.43 bits per heavy atom. The van der Waals surface area contributed by atoms with Crippen LogP contribution in [0.1, 0.15) is 45.4 Å². The molecule has 0 amide bonds. The third-order valence-corrected chi connectivity index (χ3v) is 3.56. The SMILES string of the molecule is CC(O)(CC=S(=O)=O)C1CCCCC1. The van der Waals surface area contributed by atoms with Crippen LogP contribution in [0.4, 0.5) is 0 Å². The van der Waals surface area contributed by atoms with Gasteiger partial charge in [-0.2, -0.15) is 8.42 Å². The van der Waals surface area contributed by atoms with E-state index in [1.165, 1.54) is 6.42 Å². The molecule has 1 atom stereocenters. The fourth-order valence-electron chi connectivity index (χ4n) is 2.13. The molecule has 4 heteroatoms. The summed E-state index contributed by atoms with van der Waals surface area (Å²) in [6.07, 6.45) is 5.83. The van der Waals surface area contributed by atoms with Gasteiger partial charge in [0.2, 0.25) is 10.3 Å². The molecule has 0 spiro atoms. The number of aliphatic hydroxyl groups is 1. The van der Waals surface area contributed by atoms with Gasteiger partial charge in [-0.1, -0.05) is 19.3 Å². The summed E-state index contributed by atoms with van der Waals surface area (Å²) in [6.45, 7) is 1.74. The Kier molecular flexibility index (Phi) is 4.13. The molecule has 1 unspecified atom stereocenters. The monoisotopic (exact) mass is 218 g/mol. The molecule has 14 heavy (non-hydrogen) atoms.